The zero-order valence-electron chi connectivity index (χ0n) is 21.5. The minimum atomic E-state index is -0.820. The van der Waals surface area contributed by atoms with Gasteiger partial charge in [0.25, 0.3) is 0 Å². The van der Waals surface area contributed by atoms with Gasteiger partial charge in [-0.3, -0.25) is 9.59 Å². The standard InChI is InChI=1S/C28H32N6O2S2/c29-15-19-23(35)33-25(21(17-31)27(19)9-3-1-4-10-27)37-13-7-8-14-38-26-22(18-32)28(11-5-2-6-12-28)20(16-30)24(36)34-26/h19-20H,1-14H2,(H,33,35)(H,34,36). The monoisotopic (exact) mass is 548 g/mol. The van der Waals surface area contributed by atoms with Crippen LogP contribution in [-0.2, 0) is 9.59 Å². The molecule has 2 heterocycles. The van der Waals surface area contributed by atoms with Gasteiger partial charge in [0, 0.05) is 10.8 Å². The van der Waals surface area contributed by atoms with Gasteiger partial charge < -0.3 is 10.6 Å². The summed E-state index contributed by atoms with van der Waals surface area (Å²) in [6, 6.07) is 9.01. The van der Waals surface area contributed by atoms with Crippen LogP contribution in [0.3, 0.4) is 0 Å². The molecule has 0 aromatic heterocycles. The third-order valence-corrected chi connectivity index (χ3v) is 10.7. The van der Waals surface area contributed by atoms with Gasteiger partial charge in [-0.15, -0.1) is 23.5 Å². The maximum absolute atomic E-state index is 12.8. The Morgan fingerprint density at radius 3 is 1.34 bits per heavy atom. The van der Waals surface area contributed by atoms with Crippen molar-refractivity contribution in [3.8, 4) is 24.3 Å². The number of thioether (sulfide) groups is 2. The number of carbonyl (C=O) groups is 2. The van der Waals surface area contributed by atoms with Crippen LogP contribution in [0.25, 0.3) is 0 Å². The zero-order chi connectivity index (χ0) is 27.2. The lowest BCUT2D eigenvalue weighted by molar-refractivity contribution is -0.127. The molecular weight excluding hydrogens is 516 g/mol. The molecule has 2 spiro atoms. The van der Waals surface area contributed by atoms with Crippen LogP contribution in [0.4, 0.5) is 0 Å². The number of amides is 2. The highest BCUT2D eigenvalue weighted by molar-refractivity contribution is 8.03. The van der Waals surface area contributed by atoms with E-state index in [0.29, 0.717) is 58.4 Å². The fourth-order valence-corrected chi connectivity index (χ4v) is 8.87. The topological polar surface area (TPSA) is 153 Å². The summed E-state index contributed by atoms with van der Waals surface area (Å²) in [5.74, 6) is -0.846. The molecule has 2 N–H and O–H groups in total. The number of hydrogen-bond donors (Lipinski definition) is 2. The Morgan fingerprint density at radius 1 is 0.658 bits per heavy atom. The fourth-order valence-electron chi connectivity index (χ4n) is 6.64. The second-order valence-corrected chi connectivity index (χ2v) is 12.8. The molecule has 2 amide bonds. The molecule has 2 unspecified atom stereocenters. The second-order valence-electron chi connectivity index (χ2n) is 10.6. The molecule has 8 nitrogen and oxygen atoms in total. The van der Waals surface area contributed by atoms with E-state index in [0.717, 1.165) is 51.4 Å². The summed E-state index contributed by atoms with van der Waals surface area (Å²) in [7, 11) is 0. The quantitative estimate of drug-likeness (QED) is 0.414. The van der Waals surface area contributed by atoms with Crippen LogP contribution in [-0.4, -0.2) is 23.3 Å². The molecule has 2 aliphatic carbocycles. The lowest BCUT2D eigenvalue weighted by Crippen LogP contribution is -2.48. The van der Waals surface area contributed by atoms with Gasteiger partial charge in [-0.05, 0) is 50.0 Å². The van der Waals surface area contributed by atoms with Crippen molar-refractivity contribution >= 4 is 35.3 Å². The predicted molar refractivity (Wildman–Crippen MR) is 145 cm³/mol. The molecule has 0 saturated heterocycles. The molecule has 0 bridgehead atoms. The van der Waals surface area contributed by atoms with Crippen LogP contribution < -0.4 is 10.6 Å². The van der Waals surface area contributed by atoms with Crippen LogP contribution in [0.1, 0.15) is 77.0 Å². The first-order valence-corrected chi connectivity index (χ1v) is 15.4. The van der Waals surface area contributed by atoms with Crippen molar-refractivity contribution in [3.05, 3.63) is 21.2 Å². The fraction of sp³-hybridized carbons (Fsp3) is 0.643. The highest BCUT2D eigenvalue weighted by Gasteiger charge is 2.52. The summed E-state index contributed by atoms with van der Waals surface area (Å²) < 4.78 is 0. The molecule has 38 heavy (non-hydrogen) atoms. The molecule has 0 radical (unpaired) electrons. The lowest BCUT2D eigenvalue weighted by atomic mass is 9.61. The minimum absolute atomic E-state index is 0.303. The zero-order valence-corrected chi connectivity index (χ0v) is 23.1. The number of nitrogens with one attached hydrogen (secondary N) is 2. The number of unbranched alkanes of at least 4 members (excludes halogenated alkanes) is 1. The molecule has 2 fully saturated rings. The van der Waals surface area contributed by atoms with E-state index in [1.165, 1.54) is 23.5 Å². The van der Waals surface area contributed by atoms with Crippen molar-refractivity contribution in [1.82, 2.24) is 10.6 Å². The van der Waals surface area contributed by atoms with Gasteiger partial charge in [0.1, 0.15) is 11.8 Å². The van der Waals surface area contributed by atoms with Crippen molar-refractivity contribution in [1.29, 1.82) is 21.0 Å². The molecule has 2 saturated carbocycles. The number of hydrogen-bond acceptors (Lipinski definition) is 8. The smallest absolute Gasteiger partial charge is 0.243 e. The maximum Gasteiger partial charge on any atom is 0.243 e. The first-order valence-electron chi connectivity index (χ1n) is 13.4. The Bertz CT molecular complexity index is 1110. The van der Waals surface area contributed by atoms with Gasteiger partial charge in [0.15, 0.2) is 0 Å². The Balaban J connectivity index is 1.38. The molecule has 198 valence electrons. The average Bonchev–Trinajstić information content (AvgIpc) is 2.92. The number of nitriles is 4. The Kier molecular flexibility index (Phi) is 9.09. The normalized spacial score (nSPS) is 26.1. The lowest BCUT2D eigenvalue weighted by Gasteiger charge is -2.43. The van der Waals surface area contributed by atoms with Crippen molar-refractivity contribution < 1.29 is 9.59 Å². The average molecular weight is 549 g/mol. The van der Waals surface area contributed by atoms with Gasteiger partial charge in [-0.1, -0.05) is 38.5 Å². The van der Waals surface area contributed by atoms with Crippen molar-refractivity contribution in [2.24, 2.45) is 22.7 Å². The first-order chi connectivity index (χ1) is 18.5. The van der Waals surface area contributed by atoms with Crippen molar-refractivity contribution in [2.75, 3.05) is 11.5 Å². The summed E-state index contributed by atoms with van der Waals surface area (Å²) in [6.45, 7) is 0. The first kappa shape index (κ1) is 28.1. The molecule has 0 aromatic rings. The highest BCUT2D eigenvalue weighted by Crippen LogP contribution is 2.53. The van der Waals surface area contributed by atoms with Crippen LogP contribution in [0, 0.1) is 68.0 Å². The Morgan fingerprint density at radius 2 is 1.03 bits per heavy atom. The SMILES string of the molecule is N#CC1=C(SCCCCSC2=C(C#N)C3(CCCCC3)C(C#N)C(=O)N2)NC(=O)C(C#N)C12CCCCC2. The van der Waals surface area contributed by atoms with E-state index < -0.39 is 22.7 Å². The van der Waals surface area contributed by atoms with Crippen LogP contribution in [0.5, 0.6) is 0 Å². The number of carbonyl (C=O) groups excluding carboxylic acids is 2. The Hall–Kier alpha value is -2.92. The summed E-state index contributed by atoms with van der Waals surface area (Å²) >= 11 is 2.93. The maximum atomic E-state index is 12.8. The Labute approximate surface area is 232 Å². The number of allylic oxidation sites excluding steroid dienone is 2. The third-order valence-electron chi connectivity index (χ3n) is 8.56. The molecular formula is C28H32N6O2S2. The largest absolute Gasteiger partial charge is 0.319 e. The second kappa shape index (κ2) is 12.3. The number of nitrogens with zero attached hydrogens (tertiary/aromatic N) is 4. The van der Waals surface area contributed by atoms with E-state index in [1.54, 1.807) is 0 Å². The van der Waals surface area contributed by atoms with Gasteiger partial charge in [-0.25, -0.2) is 0 Å². The van der Waals surface area contributed by atoms with Crippen LogP contribution in [0.15, 0.2) is 21.2 Å². The summed E-state index contributed by atoms with van der Waals surface area (Å²) in [4.78, 5) is 25.5. The molecule has 2 atom stereocenters. The van der Waals surface area contributed by atoms with Gasteiger partial charge in [0.05, 0.1) is 45.5 Å². The number of rotatable bonds is 7. The molecule has 2 aliphatic heterocycles. The van der Waals surface area contributed by atoms with E-state index in [9.17, 15) is 30.6 Å². The van der Waals surface area contributed by atoms with E-state index in [2.05, 4.69) is 34.9 Å². The summed E-state index contributed by atoms with van der Waals surface area (Å²) in [6.07, 6.45) is 10.2. The van der Waals surface area contributed by atoms with Gasteiger partial charge >= 0.3 is 0 Å². The summed E-state index contributed by atoms with van der Waals surface area (Å²) in [5.41, 5.74) is -0.224. The highest BCUT2D eigenvalue weighted by atomic mass is 32.2. The van der Waals surface area contributed by atoms with Crippen LogP contribution >= 0.6 is 23.5 Å². The molecule has 4 rings (SSSR count). The van der Waals surface area contributed by atoms with E-state index >= 15 is 0 Å². The van der Waals surface area contributed by atoms with E-state index in [4.69, 9.17) is 0 Å². The van der Waals surface area contributed by atoms with Gasteiger partial charge in [0.2, 0.25) is 11.8 Å². The third kappa shape index (κ3) is 5.05. The van der Waals surface area contributed by atoms with Crippen molar-refractivity contribution in [3.63, 3.8) is 0 Å². The summed E-state index contributed by atoms with van der Waals surface area (Å²) in [5, 5.41) is 46.3. The van der Waals surface area contributed by atoms with E-state index in [1.807, 2.05) is 0 Å². The predicted octanol–water partition coefficient (Wildman–Crippen LogP) is 5.14. The van der Waals surface area contributed by atoms with E-state index in [-0.39, 0.29) is 11.8 Å². The molecule has 10 heteroatoms. The van der Waals surface area contributed by atoms with Gasteiger partial charge in [-0.2, -0.15) is 21.0 Å². The minimum Gasteiger partial charge on any atom is -0.319 e. The van der Waals surface area contributed by atoms with Crippen LogP contribution in [0.2, 0.25) is 0 Å². The molecule has 4 aliphatic rings. The van der Waals surface area contributed by atoms with Crippen molar-refractivity contribution in [2.45, 2.75) is 77.0 Å². The molecule has 0 aromatic carbocycles.